The average Bonchev–Trinajstić information content (AvgIpc) is 2.79. The number of nitrogens with one attached hydrogen (secondary N) is 2. The number of nitrogens with zero attached hydrogens (tertiary/aromatic N) is 2. The van der Waals surface area contributed by atoms with Gasteiger partial charge in [-0.1, -0.05) is 0 Å². The maximum Gasteiger partial charge on any atom is 0.253 e. The van der Waals surface area contributed by atoms with E-state index in [1.165, 1.54) is 12.4 Å². The highest BCUT2D eigenvalue weighted by Crippen LogP contribution is 2.07. The molecule has 0 aliphatic heterocycles. The first-order valence-electron chi connectivity index (χ1n) is 4.73. The molecule has 6 heteroatoms. The van der Waals surface area contributed by atoms with Gasteiger partial charge < -0.3 is 16.0 Å². The standard InChI is InChI=1S/C10H11N5O/c11-8-5-12-2-1-7(8)10(16)15-6-9-13-3-4-14-9/h1-5H,6,11H2,(H,13,14)(H,15,16). The van der Waals surface area contributed by atoms with Gasteiger partial charge in [0, 0.05) is 18.6 Å². The maximum absolute atomic E-state index is 11.7. The van der Waals surface area contributed by atoms with Crippen molar-refractivity contribution in [3.63, 3.8) is 0 Å². The highest BCUT2D eigenvalue weighted by molar-refractivity contribution is 5.98. The molecule has 16 heavy (non-hydrogen) atoms. The molecule has 0 unspecified atom stereocenters. The zero-order chi connectivity index (χ0) is 11.4. The largest absolute Gasteiger partial charge is 0.397 e. The Bertz CT molecular complexity index is 480. The maximum atomic E-state index is 11.7. The average molecular weight is 217 g/mol. The molecule has 2 rings (SSSR count). The normalized spacial score (nSPS) is 10.0. The Morgan fingerprint density at radius 2 is 2.38 bits per heavy atom. The first-order valence-corrected chi connectivity index (χ1v) is 4.73. The molecule has 0 aromatic carbocycles. The zero-order valence-electron chi connectivity index (χ0n) is 8.47. The molecular formula is C10H11N5O. The minimum Gasteiger partial charge on any atom is -0.397 e. The van der Waals surface area contributed by atoms with E-state index in [9.17, 15) is 4.79 Å². The van der Waals surface area contributed by atoms with Crippen LogP contribution in [-0.2, 0) is 6.54 Å². The Kier molecular flexibility index (Phi) is 2.81. The summed E-state index contributed by atoms with van der Waals surface area (Å²) < 4.78 is 0. The number of H-pyrrole nitrogens is 1. The summed E-state index contributed by atoms with van der Waals surface area (Å²) in [4.78, 5) is 22.4. The number of carbonyl (C=O) groups is 1. The minimum absolute atomic E-state index is 0.240. The minimum atomic E-state index is -0.240. The van der Waals surface area contributed by atoms with Crippen LogP contribution >= 0.6 is 0 Å². The summed E-state index contributed by atoms with van der Waals surface area (Å²) in [5, 5.41) is 2.70. The van der Waals surface area contributed by atoms with Gasteiger partial charge in [0.2, 0.25) is 0 Å². The van der Waals surface area contributed by atoms with Gasteiger partial charge in [0.25, 0.3) is 5.91 Å². The predicted molar refractivity (Wildman–Crippen MR) is 58.4 cm³/mol. The number of nitrogen functional groups attached to an aromatic ring is 1. The number of aromatic amines is 1. The molecule has 1 amide bonds. The molecule has 0 radical (unpaired) electrons. The SMILES string of the molecule is Nc1cnccc1C(=O)NCc1ncc[nH]1. The van der Waals surface area contributed by atoms with Crippen LogP contribution in [0.3, 0.4) is 0 Å². The van der Waals surface area contributed by atoms with Crippen LogP contribution in [0.4, 0.5) is 5.69 Å². The summed E-state index contributed by atoms with van der Waals surface area (Å²) in [5.74, 6) is 0.456. The second-order valence-corrected chi connectivity index (χ2v) is 3.18. The number of amides is 1. The van der Waals surface area contributed by atoms with Gasteiger partial charge >= 0.3 is 0 Å². The van der Waals surface area contributed by atoms with Gasteiger partial charge in [-0.25, -0.2) is 4.98 Å². The summed E-state index contributed by atoms with van der Waals surface area (Å²) in [6.07, 6.45) is 6.30. The number of hydrogen-bond donors (Lipinski definition) is 3. The summed E-state index contributed by atoms with van der Waals surface area (Å²) in [6, 6.07) is 1.58. The van der Waals surface area contributed by atoms with Crippen LogP contribution in [-0.4, -0.2) is 20.9 Å². The van der Waals surface area contributed by atoms with Crippen molar-refractivity contribution in [2.24, 2.45) is 0 Å². The van der Waals surface area contributed by atoms with E-state index < -0.39 is 0 Å². The van der Waals surface area contributed by atoms with Crippen LogP contribution < -0.4 is 11.1 Å². The third-order valence-corrected chi connectivity index (χ3v) is 2.07. The summed E-state index contributed by atoms with van der Waals surface area (Å²) in [5.41, 5.74) is 6.40. The summed E-state index contributed by atoms with van der Waals surface area (Å²) in [7, 11) is 0. The number of pyridine rings is 1. The Hall–Kier alpha value is -2.37. The lowest BCUT2D eigenvalue weighted by molar-refractivity contribution is 0.0951. The van der Waals surface area contributed by atoms with Crippen molar-refractivity contribution in [2.75, 3.05) is 5.73 Å². The molecule has 4 N–H and O–H groups in total. The molecule has 0 bridgehead atoms. The highest BCUT2D eigenvalue weighted by atomic mass is 16.1. The second kappa shape index (κ2) is 4.43. The van der Waals surface area contributed by atoms with Crippen molar-refractivity contribution < 1.29 is 4.79 Å². The number of carbonyl (C=O) groups excluding carboxylic acids is 1. The molecule has 0 aliphatic carbocycles. The molecule has 0 spiro atoms. The van der Waals surface area contributed by atoms with E-state index in [2.05, 4.69) is 20.3 Å². The monoisotopic (exact) mass is 217 g/mol. The smallest absolute Gasteiger partial charge is 0.253 e. The van der Waals surface area contributed by atoms with E-state index in [-0.39, 0.29) is 5.91 Å². The van der Waals surface area contributed by atoms with Crippen LogP contribution in [0.1, 0.15) is 16.2 Å². The van der Waals surface area contributed by atoms with Crippen molar-refractivity contribution in [3.8, 4) is 0 Å². The lowest BCUT2D eigenvalue weighted by Crippen LogP contribution is -2.24. The van der Waals surface area contributed by atoms with Gasteiger partial charge in [-0.05, 0) is 6.07 Å². The molecule has 0 saturated carbocycles. The van der Waals surface area contributed by atoms with Crippen LogP contribution in [0.15, 0.2) is 30.9 Å². The van der Waals surface area contributed by atoms with E-state index in [0.29, 0.717) is 23.6 Å². The fraction of sp³-hybridized carbons (Fsp3) is 0.100. The molecule has 0 aliphatic rings. The third-order valence-electron chi connectivity index (χ3n) is 2.07. The van der Waals surface area contributed by atoms with Crippen LogP contribution in [0, 0.1) is 0 Å². The topological polar surface area (TPSA) is 96.7 Å². The number of nitrogens with two attached hydrogens (primary N) is 1. The molecule has 82 valence electrons. The number of rotatable bonds is 3. The van der Waals surface area contributed by atoms with Gasteiger partial charge in [0.1, 0.15) is 5.82 Å². The molecule has 2 aromatic rings. The first kappa shape index (κ1) is 10.2. The lowest BCUT2D eigenvalue weighted by atomic mass is 10.2. The van der Waals surface area contributed by atoms with E-state index in [0.717, 1.165) is 0 Å². The molecule has 0 fully saturated rings. The van der Waals surface area contributed by atoms with Gasteiger partial charge in [-0.3, -0.25) is 9.78 Å². The van der Waals surface area contributed by atoms with Crippen molar-refractivity contribution in [1.29, 1.82) is 0 Å². The quantitative estimate of drug-likeness (QED) is 0.689. The molecule has 6 nitrogen and oxygen atoms in total. The van der Waals surface area contributed by atoms with E-state index in [4.69, 9.17) is 5.73 Å². The van der Waals surface area contributed by atoms with E-state index >= 15 is 0 Å². The Balaban J connectivity index is 2.01. The van der Waals surface area contributed by atoms with Gasteiger partial charge in [0.15, 0.2) is 0 Å². The number of aromatic nitrogens is 3. The Labute approximate surface area is 91.9 Å². The third kappa shape index (κ3) is 2.17. The molecule has 2 aromatic heterocycles. The zero-order valence-corrected chi connectivity index (χ0v) is 8.47. The van der Waals surface area contributed by atoms with E-state index in [1.807, 2.05) is 0 Å². The Morgan fingerprint density at radius 1 is 1.50 bits per heavy atom. The molecule has 2 heterocycles. The van der Waals surface area contributed by atoms with Gasteiger partial charge in [-0.15, -0.1) is 0 Å². The highest BCUT2D eigenvalue weighted by Gasteiger charge is 2.08. The van der Waals surface area contributed by atoms with Crippen molar-refractivity contribution >= 4 is 11.6 Å². The van der Waals surface area contributed by atoms with Crippen molar-refractivity contribution in [3.05, 3.63) is 42.2 Å². The fourth-order valence-electron chi connectivity index (χ4n) is 1.27. The molecule has 0 saturated heterocycles. The molecular weight excluding hydrogens is 206 g/mol. The van der Waals surface area contributed by atoms with E-state index in [1.54, 1.807) is 18.5 Å². The first-order chi connectivity index (χ1) is 7.77. The van der Waals surface area contributed by atoms with Crippen molar-refractivity contribution in [1.82, 2.24) is 20.3 Å². The van der Waals surface area contributed by atoms with Crippen LogP contribution in [0.2, 0.25) is 0 Å². The summed E-state index contributed by atoms with van der Waals surface area (Å²) >= 11 is 0. The van der Waals surface area contributed by atoms with Crippen LogP contribution in [0.5, 0.6) is 0 Å². The fourth-order valence-corrected chi connectivity index (χ4v) is 1.27. The number of anilines is 1. The molecule has 0 atom stereocenters. The predicted octanol–water partition coefficient (Wildman–Crippen LogP) is 0.317. The van der Waals surface area contributed by atoms with Crippen molar-refractivity contribution in [2.45, 2.75) is 6.54 Å². The second-order valence-electron chi connectivity index (χ2n) is 3.18. The number of hydrogen-bond acceptors (Lipinski definition) is 4. The number of imidazole rings is 1. The summed E-state index contributed by atoms with van der Waals surface area (Å²) in [6.45, 7) is 0.341. The van der Waals surface area contributed by atoms with Crippen LogP contribution in [0.25, 0.3) is 0 Å². The van der Waals surface area contributed by atoms with Gasteiger partial charge in [0.05, 0.1) is 24.0 Å². The Morgan fingerprint density at radius 3 is 3.06 bits per heavy atom. The van der Waals surface area contributed by atoms with Gasteiger partial charge in [-0.2, -0.15) is 0 Å². The lowest BCUT2D eigenvalue weighted by Gasteiger charge is -2.05.